The smallest absolute Gasteiger partial charge is 0.126 e. The van der Waals surface area contributed by atoms with Crippen LogP contribution in [0.3, 0.4) is 0 Å². The number of hydrogen-bond acceptors (Lipinski definition) is 4. The molecule has 1 aliphatic heterocycles. The molecule has 2 N–H and O–H groups in total. The Morgan fingerprint density at radius 3 is 2.58 bits per heavy atom. The first-order valence-electron chi connectivity index (χ1n) is 8.98. The first-order valence-corrected chi connectivity index (χ1v) is 8.98. The number of aliphatic hydroxyl groups excluding tert-OH is 1. The fourth-order valence-corrected chi connectivity index (χ4v) is 3.45. The minimum absolute atomic E-state index is 0.365. The van der Waals surface area contributed by atoms with E-state index < -0.39 is 6.10 Å². The van der Waals surface area contributed by atoms with Gasteiger partial charge in [-0.15, -0.1) is 0 Å². The van der Waals surface area contributed by atoms with Crippen LogP contribution in [0.5, 0.6) is 11.5 Å². The van der Waals surface area contributed by atoms with E-state index in [1.807, 2.05) is 24.3 Å². The third-order valence-electron chi connectivity index (χ3n) is 4.86. The summed E-state index contributed by atoms with van der Waals surface area (Å²) >= 11 is 0. The summed E-state index contributed by atoms with van der Waals surface area (Å²) in [4.78, 5) is 1.50. The number of ether oxygens (including phenoxy) is 3. The summed E-state index contributed by atoms with van der Waals surface area (Å²) in [5.74, 6) is 1.54. The van der Waals surface area contributed by atoms with E-state index >= 15 is 0 Å². The highest BCUT2D eigenvalue weighted by atomic mass is 16.5. The Morgan fingerprint density at radius 2 is 1.88 bits per heavy atom. The lowest BCUT2D eigenvalue weighted by Gasteiger charge is -2.36. The summed E-state index contributed by atoms with van der Waals surface area (Å²) in [6.07, 6.45) is 3.39. The highest BCUT2D eigenvalue weighted by molar-refractivity contribution is 5.32. The summed E-state index contributed by atoms with van der Waals surface area (Å²) in [6, 6.07) is 8.75. The van der Waals surface area contributed by atoms with Gasteiger partial charge in [0, 0.05) is 6.07 Å². The van der Waals surface area contributed by atoms with Gasteiger partial charge < -0.3 is 24.2 Å². The molecule has 0 radical (unpaired) electrons. The largest absolute Gasteiger partial charge is 0.497 e. The Morgan fingerprint density at radius 1 is 1.17 bits per heavy atom. The fraction of sp³-hybridized carbons (Fsp3) is 0.684. The van der Waals surface area contributed by atoms with Crippen LogP contribution >= 0.6 is 0 Å². The summed E-state index contributed by atoms with van der Waals surface area (Å²) < 4.78 is 16.3. The summed E-state index contributed by atoms with van der Waals surface area (Å²) in [5, 5.41) is 10.2. The van der Waals surface area contributed by atoms with Crippen molar-refractivity contribution in [2.24, 2.45) is 0 Å². The topological polar surface area (TPSA) is 52.4 Å². The molecule has 1 saturated heterocycles. The molecule has 1 fully saturated rings. The number of likely N-dealkylation sites (tertiary alicyclic amines) is 1. The first-order chi connectivity index (χ1) is 11.6. The second-order valence-electron chi connectivity index (χ2n) is 6.77. The summed E-state index contributed by atoms with van der Waals surface area (Å²) in [6.45, 7) is 6.61. The molecule has 2 rings (SSSR count). The van der Waals surface area contributed by atoms with E-state index in [4.69, 9.17) is 14.2 Å². The zero-order valence-corrected chi connectivity index (χ0v) is 15.2. The van der Waals surface area contributed by atoms with E-state index in [-0.39, 0.29) is 0 Å². The lowest BCUT2D eigenvalue weighted by molar-refractivity contribution is -0.954. The highest BCUT2D eigenvalue weighted by Crippen LogP contribution is 2.18. The number of benzene rings is 1. The molecule has 1 heterocycles. The molecular formula is C19H32NO4+. The summed E-state index contributed by atoms with van der Waals surface area (Å²) in [7, 11) is 1.63. The van der Waals surface area contributed by atoms with Crippen molar-refractivity contribution >= 4 is 0 Å². The fourth-order valence-electron chi connectivity index (χ4n) is 3.45. The minimum atomic E-state index is -0.417. The second-order valence-corrected chi connectivity index (χ2v) is 6.77. The average molecular weight is 338 g/mol. The molecular weight excluding hydrogens is 306 g/mol. The molecule has 0 bridgehead atoms. The van der Waals surface area contributed by atoms with Crippen LogP contribution in [-0.2, 0) is 4.74 Å². The van der Waals surface area contributed by atoms with Crippen LogP contribution < -0.4 is 14.4 Å². The third-order valence-corrected chi connectivity index (χ3v) is 4.86. The van der Waals surface area contributed by atoms with Crippen LogP contribution in [0.25, 0.3) is 0 Å². The lowest BCUT2D eigenvalue weighted by atomic mass is 9.97. The van der Waals surface area contributed by atoms with Crippen LogP contribution in [0.15, 0.2) is 24.3 Å². The van der Waals surface area contributed by atoms with Gasteiger partial charge in [0.1, 0.15) is 30.8 Å². The Labute approximate surface area is 145 Å². The van der Waals surface area contributed by atoms with E-state index in [0.29, 0.717) is 31.9 Å². The molecule has 0 spiro atoms. The molecule has 136 valence electrons. The molecule has 5 heteroatoms. The normalized spacial score (nSPS) is 23.0. The van der Waals surface area contributed by atoms with E-state index in [9.17, 15) is 5.11 Å². The predicted octanol–water partition coefficient (Wildman–Crippen LogP) is 1.30. The lowest BCUT2D eigenvalue weighted by Crippen LogP contribution is -3.20. The van der Waals surface area contributed by atoms with Crippen molar-refractivity contribution in [1.29, 1.82) is 0 Å². The van der Waals surface area contributed by atoms with Crippen molar-refractivity contribution in [1.82, 2.24) is 0 Å². The maximum absolute atomic E-state index is 10.2. The van der Waals surface area contributed by atoms with Gasteiger partial charge in [-0.1, -0.05) is 6.07 Å². The number of quaternary nitrogens is 1. The highest BCUT2D eigenvalue weighted by Gasteiger charge is 2.30. The Kier molecular flexibility index (Phi) is 7.82. The number of piperidine rings is 1. The van der Waals surface area contributed by atoms with Crippen LogP contribution in [-0.4, -0.2) is 56.8 Å². The standard InChI is InChI=1S/C19H31NO4/c1-15-6-4-7-16(2)20(15)13-17(21)14-23-10-11-24-19-9-5-8-18(12-19)22-3/h5,8-9,12,15-17,21H,4,6-7,10-11,13-14H2,1-3H3/p+1/t15-,16-,17-/m0/s1. The Balaban J connectivity index is 1.61. The van der Waals surface area contributed by atoms with Crippen LogP contribution in [0, 0.1) is 0 Å². The van der Waals surface area contributed by atoms with Crippen molar-refractivity contribution in [3.8, 4) is 11.5 Å². The molecule has 0 unspecified atom stereocenters. The van der Waals surface area contributed by atoms with Crippen molar-refractivity contribution in [2.75, 3.05) is 33.5 Å². The van der Waals surface area contributed by atoms with Gasteiger partial charge in [-0.25, -0.2) is 0 Å². The zero-order chi connectivity index (χ0) is 17.4. The Hall–Kier alpha value is -1.30. The van der Waals surface area contributed by atoms with Gasteiger partial charge in [-0.05, 0) is 45.2 Å². The van der Waals surface area contributed by atoms with Crippen LogP contribution in [0.2, 0.25) is 0 Å². The van der Waals surface area contributed by atoms with Crippen molar-refractivity contribution in [2.45, 2.75) is 51.3 Å². The van der Waals surface area contributed by atoms with Gasteiger partial charge in [0.15, 0.2) is 0 Å². The van der Waals surface area contributed by atoms with Crippen LogP contribution in [0.4, 0.5) is 0 Å². The third kappa shape index (κ3) is 5.96. The van der Waals surface area contributed by atoms with Crippen LogP contribution in [0.1, 0.15) is 33.1 Å². The number of nitrogens with one attached hydrogen (secondary N) is 1. The molecule has 1 aromatic rings. The molecule has 0 aliphatic carbocycles. The molecule has 0 amide bonds. The van der Waals surface area contributed by atoms with E-state index in [1.165, 1.54) is 24.2 Å². The van der Waals surface area contributed by atoms with Crippen molar-refractivity contribution in [3.05, 3.63) is 24.3 Å². The number of aliphatic hydroxyl groups is 1. The molecule has 3 atom stereocenters. The zero-order valence-electron chi connectivity index (χ0n) is 15.2. The maximum atomic E-state index is 10.2. The molecule has 1 aliphatic rings. The Bertz CT molecular complexity index is 472. The average Bonchev–Trinajstić information content (AvgIpc) is 2.58. The van der Waals surface area contributed by atoms with Gasteiger partial charge >= 0.3 is 0 Å². The van der Waals surface area contributed by atoms with E-state index in [2.05, 4.69) is 13.8 Å². The van der Waals surface area contributed by atoms with Crippen molar-refractivity contribution < 1.29 is 24.2 Å². The first kappa shape index (κ1) is 19.0. The number of rotatable bonds is 9. The molecule has 0 aromatic heterocycles. The van der Waals surface area contributed by atoms with Gasteiger partial charge in [-0.3, -0.25) is 0 Å². The molecule has 1 aromatic carbocycles. The predicted molar refractivity (Wildman–Crippen MR) is 93.9 cm³/mol. The number of hydrogen-bond donors (Lipinski definition) is 2. The molecule has 0 saturated carbocycles. The second kappa shape index (κ2) is 9.87. The number of methoxy groups -OCH3 is 1. The van der Waals surface area contributed by atoms with Gasteiger partial charge in [-0.2, -0.15) is 0 Å². The van der Waals surface area contributed by atoms with Gasteiger partial charge in [0.25, 0.3) is 0 Å². The minimum Gasteiger partial charge on any atom is -0.497 e. The maximum Gasteiger partial charge on any atom is 0.126 e. The summed E-state index contributed by atoms with van der Waals surface area (Å²) in [5.41, 5.74) is 0. The van der Waals surface area contributed by atoms with Crippen molar-refractivity contribution in [3.63, 3.8) is 0 Å². The van der Waals surface area contributed by atoms with E-state index in [0.717, 1.165) is 18.0 Å². The monoisotopic (exact) mass is 338 g/mol. The molecule has 5 nitrogen and oxygen atoms in total. The quantitative estimate of drug-likeness (QED) is 0.667. The molecule has 24 heavy (non-hydrogen) atoms. The van der Waals surface area contributed by atoms with Gasteiger partial charge in [0.05, 0.1) is 32.4 Å². The SMILES string of the molecule is COc1cccc(OCCOC[C@@H](O)C[NH+]2[C@@H](C)CCC[C@@H]2C)c1. The van der Waals surface area contributed by atoms with Gasteiger partial charge in [0.2, 0.25) is 0 Å². The van der Waals surface area contributed by atoms with E-state index in [1.54, 1.807) is 7.11 Å².